The first kappa shape index (κ1) is 19.4. The van der Waals surface area contributed by atoms with Gasteiger partial charge in [-0.1, -0.05) is 23.7 Å². The average Bonchev–Trinajstić information content (AvgIpc) is 3.25. The Kier molecular flexibility index (Phi) is 6.29. The van der Waals surface area contributed by atoms with Crippen molar-refractivity contribution in [2.75, 3.05) is 14.2 Å². The van der Waals surface area contributed by atoms with Crippen molar-refractivity contribution in [2.45, 2.75) is 6.54 Å². The Labute approximate surface area is 167 Å². The van der Waals surface area contributed by atoms with Crippen LogP contribution in [0.4, 0.5) is 0 Å². The van der Waals surface area contributed by atoms with Crippen molar-refractivity contribution in [3.8, 4) is 17.2 Å². The molecule has 1 aromatic heterocycles. The summed E-state index contributed by atoms with van der Waals surface area (Å²) in [5, 5.41) is 7.32. The Morgan fingerprint density at radius 3 is 2.64 bits per heavy atom. The van der Waals surface area contributed by atoms with E-state index in [0.29, 0.717) is 23.1 Å². The van der Waals surface area contributed by atoms with E-state index >= 15 is 0 Å². The van der Waals surface area contributed by atoms with Gasteiger partial charge < -0.3 is 14.8 Å². The molecule has 1 heterocycles. The van der Waals surface area contributed by atoms with E-state index in [9.17, 15) is 4.79 Å². The molecule has 0 fully saturated rings. The summed E-state index contributed by atoms with van der Waals surface area (Å²) in [5.41, 5.74) is 2.60. The quantitative estimate of drug-likeness (QED) is 0.618. The van der Waals surface area contributed by atoms with E-state index in [1.54, 1.807) is 29.2 Å². The fourth-order valence-corrected chi connectivity index (χ4v) is 2.86. The molecule has 1 N–H and O–H groups in total. The number of rotatable bonds is 7. The summed E-state index contributed by atoms with van der Waals surface area (Å²) in [6, 6.07) is 11.1. The van der Waals surface area contributed by atoms with Gasteiger partial charge in [-0.25, -0.2) is 9.67 Å². The van der Waals surface area contributed by atoms with Crippen LogP contribution in [-0.4, -0.2) is 34.9 Å². The van der Waals surface area contributed by atoms with Crippen molar-refractivity contribution in [1.82, 2.24) is 20.1 Å². The van der Waals surface area contributed by atoms with Crippen LogP contribution in [-0.2, 0) is 11.3 Å². The summed E-state index contributed by atoms with van der Waals surface area (Å²) in [7, 11) is 3.05. The number of carbonyl (C=O) groups is 1. The zero-order chi connectivity index (χ0) is 19.9. The van der Waals surface area contributed by atoms with Crippen LogP contribution >= 0.6 is 11.6 Å². The number of carbonyl (C=O) groups excluding carboxylic acids is 1. The summed E-state index contributed by atoms with van der Waals surface area (Å²) in [4.78, 5) is 16.0. The molecule has 3 aromatic rings. The van der Waals surface area contributed by atoms with Crippen molar-refractivity contribution in [1.29, 1.82) is 0 Å². The topological polar surface area (TPSA) is 78.3 Å². The van der Waals surface area contributed by atoms with E-state index < -0.39 is 0 Å². The number of halogens is 1. The molecule has 0 unspecified atom stereocenters. The SMILES string of the molecule is COc1cc(/C=C/C(=O)NCc2ccc(-n3cncn3)cc2)cc(Cl)c1OC. The van der Waals surface area contributed by atoms with E-state index in [1.165, 1.54) is 26.6 Å². The van der Waals surface area contributed by atoms with Gasteiger partial charge in [-0.05, 0) is 41.5 Å². The van der Waals surface area contributed by atoms with Crippen molar-refractivity contribution < 1.29 is 14.3 Å². The molecule has 7 nitrogen and oxygen atoms in total. The molecule has 0 aliphatic carbocycles. The average molecular weight is 399 g/mol. The van der Waals surface area contributed by atoms with Gasteiger partial charge in [0.15, 0.2) is 11.5 Å². The lowest BCUT2D eigenvalue weighted by atomic mass is 10.1. The maximum atomic E-state index is 12.1. The minimum Gasteiger partial charge on any atom is -0.493 e. The Bertz CT molecular complexity index is 970. The number of nitrogens with zero attached hydrogens (tertiary/aromatic N) is 3. The number of ether oxygens (including phenoxy) is 2. The fourth-order valence-electron chi connectivity index (χ4n) is 2.56. The molecular formula is C20H19ClN4O3. The zero-order valence-corrected chi connectivity index (χ0v) is 16.2. The highest BCUT2D eigenvalue weighted by atomic mass is 35.5. The number of hydrogen-bond acceptors (Lipinski definition) is 5. The Morgan fingerprint density at radius 2 is 2.00 bits per heavy atom. The lowest BCUT2D eigenvalue weighted by Gasteiger charge is -2.10. The molecule has 0 aliphatic heterocycles. The van der Waals surface area contributed by atoms with Crippen molar-refractivity contribution in [3.05, 3.63) is 71.3 Å². The molecule has 3 rings (SSSR count). The van der Waals surface area contributed by atoms with E-state index in [1.807, 2.05) is 24.3 Å². The van der Waals surface area contributed by atoms with Gasteiger partial charge in [0.1, 0.15) is 12.7 Å². The lowest BCUT2D eigenvalue weighted by molar-refractivity contribution is -0.116. The third kappa shape index (κ3) is 4.69. The predicted molar refractivity (Wildman–Crippen MR) is 107 cm³/mol. The van der Waals surface area contributed by atoms with Gasteiger partial charge >= 0.3 is 0 Å². The molecular weight excluding hydrogens is 380 g/mol. The summed E-state index contributed by atoms with van der Waals surface area (Å²) in [5.74, 6) is 0.744. The van der Waals surface area contributed by atoms with Gasteiger partial charge in [0.2, 0.25) is 5.91 Å². The first-order chi connectivity index (χ1) is 13.6. The fraction of sp³-hybridized carbons (Fsp3) is 0.150. The van der Waals surface area contributed by atoms with Crippen LogP contribution in [0, 0.1) is 0 Å². The molecule has 0 radical (unpaired) electrons. The van der Waals surface area contributed by atoms with Gasteiger partial charge in [0, 0.05) is 12.6 Å². The summed E-state index contributed by atoms with van der Waals surface area (Å²) in [6.45, 7) is 0.410. The van der Waals surface area contributed by atoms with Gasteiger partial charge in [0.05, 0.1) is 24.9 Å². The summed E-state index contributed by atoms with van der Waals surface area (Å²) >= 11 is 6.17. The molecule has 0 saturated heterocycles. The molecule has 0 aliphatic rings. The molecule has 144 valence electrons. The van der Waals surface area contributed by atoms with Gasteiger partial charge in [-0.2, -0.15) is 5.10 Å². The molecule has 0 bridgehead atoms. The second-order valence-corrected chi connectivity index (χ2v) is 6.20. The molecule has 0 spiro atoms. The van der Waals surface area contributed by atoms with E-state index in [0.717, 1.165) is 16.8 Å². The van der Waals surface area contributed by atoms with Crippen LogP contribution < -0.4 is 14.8 Å². The Balaban J connectivity index is 1.59. The highest BCUT2D eigenvalue weighted by Gasteiger charge is 2.09. The summed E-state index contributed by atoms with van der Waals surface area (Å²) < 4.78 is 12.1. The molecule has 8 heteroatoms. The Morgan fingerprint density at radius 1 is 1.21 bits per heavy atom. The van der Waals surface area contributed by atoms with Gasteiger partial charge in [-0.3, -0.25) is 4.79 Å². The largest absolute Gasteiger partial charge is 0.493 e. The molecule has 2 aromatic carbocycles. The van der Waals surface area contributed by atoms with Crippen molar-refractivity contribution in [3.63, 3.8) is 0 Å². The third-order valence-corrected chi connectivity index (χ3v) is 4.25. The molecule has 0 saturated carbocycles. The van der Waals surface area contributed by atoms with Crippen LogP contribution in [0.1, 0.15) is 11.1 Å². The van der Waals surface area contributed by atoms with Crippen LogP contribution in [0.15, 0.2) is 55.1 Å². The monoisotopic (exact) mass is 398 g/mol. The van der Waals surface area contributed by atoms with Gasteiger partial charge in [-0.15, -0.1) is 0 Å². The first-order valence-electron chi connectivity index (χ1n) is 8.42. The molecule has 0 atom stereocenters. The highest BCUT2D eigenvalue weighted by Crippen LogP contribution is 2.36. The maximum Gasteiger partial charge on any atom is 0.244 e. The summed E-state index contributed by atoms with van der Waals surface area (Å²) in [6.07, 6.45) is 6.21. The van der Waals surface area contributed by atoms with E-state index in [-0.39, 0.29) is 5.91 Å². The first-order valence-corrected chi connectivity index (χ1v) is 8.80. The number of aromatic nitrogens is 3. The highest BCUT2D eigenvalue weighted by molar-refractivity contribution is 6.32. The second kappa shape index (κ2) is 9.05. The van der Waals surface area contributed by atoms with Crippen LogP contribution in [0.5, 0.6) is 11.5 Å². The molecule has 28 heavy (non-hydrogen) atoms. The normalized spacial score (nSPS) is 10.8. The van der Waals surface area contributed by atoms with E-state index in [2.05, 4.69) is 15.4 Å². The lowest BCUT2D eigenvalue weighted by Crippen LogP contribution is -2.20. The number of benzene rings is 2. The van der Waals surface area contributed by atoms with Crippen LogP contribution in [0.2, 0.25) is 5.02 Å². The standard InChI is InChI=1S/C20H19ClN4O3/c1-27-18-10-15(9-17(21)20(18)28-2)5-8-19(26)23-11-14-3-6-16(7-4-14)25-13-22-12-24-25/h3-10,12-13H,11H2,1-2H3,(H,23,26)/b8-5+. The Hall–Kier alpha value is -3.32. The third-order valence-electron chi connectivity index (χ3n) is 3.97. The minimum atomic E-state index is -0.216. The number of amides is 1. The smallest absolute Gasteiger partial charge is 0.244 e. The predicted octanol–water partition coefficient (Wildman–Crippen LogP) is 3.27. The van der Waals surface area contributed by atoms with Crippen molar-refractivity contribution in [2.24, 2.45) is 0 Å². The minimum absolute atomic E-state index is 0.216. The van der Waals surface area contributed by atoms with Gasteiger partial charge in [0.25, 0.3) is 0 Å². The number of nitrogens with one attached hydrogen (secondary N) is 1. The zero-order valence-electron chi connectivity index (χ0n) is 15.4. The van der Waals surface area contributed by atoms with Crippen LogP contribution in [0.25, 0.3) is 11.8 Å². The van der Waals surface area contributed by atoms with E-state index in [4.69, 9.17) is 21.1 Å². The number of methoxy groups -OCH3 is 2. The van der Waals surface area contributed by atoms with Crippen molar-refractivity contribution >= 4 is 23.6 Å². The second-order valence-electron chi connectivity index (χ2n) is 5.80. The van der Waals surface area contributed by atoms with Crippen LogP contribution in [0.3, 0.4) is 0 Å². The maximum absolute atomic E-state index is 12.1. The molecule has 1 amide bonds. The number of hydrogen-bond donors (Lipinski definition) is 1.